The highest BCUT2D eigenvalue weighted by Gasteiger charge is 2.35. The highest BCUT2D eigenvalue weighted by Crippen LogP contribution is 2.28. The molecule has 0 N–H and O–H groups in total. The average Bonchev–Trinajstić information content (AvgIpc) is 2.50. The Hall–Kier alpha value is -0.690. The Kier molecular flexibility index (Phi) is 10.8. The van der Waals surface area contributed by atoms with Crippen molar-refractivity contribution in [3.8, 4) is 0 Å². The molecule has 0 aliphatic carbocycles. The summed E-state index contributed by atoms with van der Waals surface area (Å²) in [6.45, 7) is 15.8. The Labute approximate surface area is 153 Å². The molecule has 0 saturated carbocycles. The highest BCUT2D eigenvalue weighted by atomic mass is 17.3. The van der Waals surface area contributed by atoms with Crippen molar-refractivity contribution < 1.29 is 29.1 Å². The summed E-state index contributed by atoms with van der Waals surface area (Å²) in [6.07, 6.45) is 4.02. The number of esters is 1. The van der Waals surface area contributed by atoms with Gasteiger partial charge in [0.25, 0.3) is 0 Å². The van der Waals surface area contributed by atoms with Crippen LogP contribution < -0.4 is 0 Å². The maximum Gasteiger partial charge on any atom is 0.305 e. The summed E-state index contributed by atoms with van der Waals surface area (Å²) < 4.78 is 4.97. The Morgan fingerprint density at radius 3 is 1.52 bits per heavy atom. The summed E-state index contributed by atoms with van der Waals surface area (Å²) in [4.78, 5) is 34.1. The van der Waals surface area contributed by atoms with E-state index in [0.29, 0.717) is 6.61 Å². The van der Waals surface area contributed by atoms with Crippen LogP contribution in [0.1, 0.15) is 93.9 Å². The maximum atomic E-state index is 11.7. The van der Waals surface area contributed by atoms with Crippen LogP contribution in [0.3, 0.4) is 0 Å². The molecule has 6 nitrogen and oxygen atoms in total. The number of carbonyl (C=O) groups excluding carboxylic acids is 1. The molecule has 0 aliphatic rings. The summed E-state index contributed by atoms with van der Waals surface area (Å²) in [6, 6.07) is 0. The van der Waals surface area contributed by atoms with E-state index >= 15 is 0 Å². The second-order valence-corrected chi connectivity index (χ2v) is 7.79. The summed E-state index contributed by atoms with van der Waals surface area (Å²) in [7, 11) is 0. The van der Waals surface area contributed by atoms with Gasteiger partial charge in [0.05, 0.1) is 24.2 Å². The Morgan fingerprint density at radius 2 is 1.16 bits per heavy atom. The van der Waals surface area contributed by atoms with Gasteiger partial charge in [-0.3, -0.25) is 4.79 Å². The normalized spacial score (nSPS) is 13.1. The third-order valence-corrected chi connectivity index (χ3v) is 3.68. The van der Waals surface area contributed by atoms with E-state index in [-0.39, 0.29) is 18.8 Å². The van der Waals surface area contributed by atoms with Crippen molar-refractivity contribution >= 4 is 5.97 Å². The number of rotatable bonds is 14. The molecule has 25 heavy (non-hydrogen) atoms. The zero-order valence-electron chi connectivity index (χ0n) is 17.4. The maximum absolute atomic E-state index is 11.7. The second kappa shape index (κ2) is 11.1. The van der Waals surface area contributed by atoms with Gasteiger partial charge in [0.1, 0.15) is 0 Å². The largest absolute Gasteiger partial charge is 0.466 e. The van der Waals surface area contributed by atoms with Crippen LogP contribution in [0.5, 0.6) is 0 Å². The molecule has 0 aromatic carbocycles. The van der Waals surface area contributed by atoms with Gasteiger partial charge in [-0.1, -0.05) is 26.7 Å². The first-order valence-electron chi connectivity index (χ1n) is 9.38. The van der Waals surface area contributed by atoms with E-state index in [0.717, 1.165) is 25.7 Å². The Morgan fingerprint density at radius 1 is 0.720 bits per heavy atom. The number of hydrogen-bond acceptors (Lipinski definition) is 6. The molecule has 6 heteroatoms. The summed E-state index contributed by atoms with van der Waals surface area (Å²) in [5.41, 5.74) is -0.912. The average molecular weight is 363 g/mol. The van der Waals surface area contributed by atoms with Gasteiger partial charge in [-0.15, -0.1) is 0 Å². The number of hydrogen-bond donors (Lipinski definition) is 0. The minimum atomic E-state index is -1.21. The van der Waals surface area contributed by atoms with E-state index in [1.54, 1.807) is 13.8 Å². The first kappa shape index (κ1) is 24.3. The van der Waals surface area contributed by atoms with Crippen LogP contribution in [0, 0.1) is 0 Å². The van der Waals surface area contributed by atoms with Crippen molar-refractivity contribution in [3.63, 3.8) is 0 Å². The predicted octanol–water partition coefficient (Wildman–Crippen LogP) is 5.10. The van der Waals surface area contributed by atoms with Crippen LogP contribution in [-0.2, 0) is 29.1 Å². The van der Waals surface area contributed by atoms with E-state index < -0.39 is 17.0 Å². The van der Waals surface area contributed by atoms with Crippen molar-refractivity contribution in [2.24, 2.45) is 0 Å². The van der Waals surface area contributed by atoms with Crippen molar-refractivity contribution in [1.82, 2.24) is 0 Å². The van der Waals surface area contributed by atoms with Crippen LogP contribution in [0.25, 0.3) is 0 Å². The lowest BCUT2D eigenvalue weighted by Gasteiger charge is -2.34. The van der Waals surface area contributed by atoms with Gasteiger partial charge in [-0.05, 0) is 54.4 Å². The fourth-order valence-electron chi connectivity index (χ4n) is 2.35. The lowest BCUT2D eigenvalue weighted by Crippen LogP contribution is -2.40. The van der Waals surface area contributed by atoms with Gasteiger partial charge >= 0.3 is 5.97 Å². The molecular weight excluding hydrogens is 324 g/mol. The molecular formula is C19H38O6. The van der Waals surface area contributed by atoms with Gasteiger partial charge < -0.3 is 4.74 Å². The van der Waals surface area contributed by atoms with Gasteiger partial charge in [0.2, 0.25) is 5.79 Å². The smallest absolute Gasteiger partial charge is 0.305 e. The molecule has 0 heterocycles. The minimum Gasteiger partial charge on any atom is -0.466 e. The molecule has 0 aromatic heterocycles. The van der Waals surface area contributed by atoms with E-state index in [1.165, 1.54) is 0 Å². The SMILES string of the molecule is CCCC(C)(C)OOC(C)(CCC(=O)OCC)OOC(C)(C)CCC. The molecule has 0 amide bonds. The van der Waals surface area contributed by atoms with Gasteiger partial charge in [0.15, 0.2) is 0 Å². The van der Waals surface area contributed by atoms with Crippen LogP contribution in [0.2, 0.25) is 0 Å². The summed E-state index contributed by atoms with van der Waals surface area (Å²) in [5, 5.41) is 0. The summed E-state index contributed by atoms with van der Waals surface area (Å²) in [5.74, 6) is -1.51. The quantitative estimate of drug-likeness (QED) is 0.185. The van der Waals surface area contributed by atoms with Crippen LogP contribution in [0.15, 0.2) is 0 Å². The van der Waals surface area contributed by atoms with Crippen molar-refractivity contribution in [3.05, 3.63) is 0 Å². The first-order valence-corrected chi connectivity index (χ1v) is 9.38. The highest BCUT2D eigenvalue weighted by molar-refractivity contribution is 5.69. The van der Waals surface area contributed by atoms with Crippen LogP contribution >= 0.6 is 0 Å². The molecule has 0 rings (SSSR count). The van der Waals surface area contributed by atoms with E-state index in [4.69, 9.17) is 24.3 Å². The molecule has 0 atom stereocenters. The third-order valence-electron chi connectivity index (χ3n) is 3.68. The molecule has 0 fully saturated rings. The van der Waals surface area contributed by atoms with Crippen LogP contribution in [-0.4, -0.2) is 29.6 Å². The zero-order chi connectivity index (χ0) is 19.6. The minimum absolute atomic E-state index is 0.152. The van der Waals surface area contributed by atoms with Gasteiger partial charge in [-0.2, -0.15) is 9.78 Å². The van der Waals surface area contributed by atoms with Crippen molar-refractivity contribution in [1.29, 1.82) is 0 Å². The monoisotopic (exact) mass is 362 g/mol. The summed E-state index contributed by atoms with van der Waals surface area (Å²) >= 11 is 0. The van der Waals surface area contributed by atoms with E-state index in [9.17, 15) is 4.79 Å². The van der Waals surface area contributed by atoms with Gasteiger partial charge in [-0.25, -0.2) is 9.78 Å². The van der Waals surface area contributed by atoms with E-state index in [1.807, 2.05) is 27.7 Å². The molecule has 0 saturated heterocycles. The lowest BCUT2D eigenvalue weighted by molar-refractivity contribution is -0.540. The topological polar surface area (TPSA) is 63.2 Å². The predicted molar refractivity (Wildman–Crippen MR) is 96.6 cm³/mol. The first-order chi connectivity index (χ1) is 11.5. The zero-order valence-corrected chi connectivity index (χ0v) is 17.4. The fourth-order valence-corrected chi connectivity index (χ4v) is 2.35. The molecule has 150 valence electrons. The molecule has 0 aromatic rings. The van der Waals surface area contributed by atoms with Gasteiger partial charge in [0, 0.05) is 6.42 Å². The lowest BCUT2D eigenvalue weighted by atomic mass is 10.0. The Balaban J connectivity index is 4.86. The second-order valence-electron chi connectivity index (χ2n) is 7.79. The molecule has 0 unspecified atom stereocenters. The van der Waals surface area contributed by atoms with E-state index in [2.05, 4.69) is 13.8 Å². The molecule has 0 aliphatic heterocycles. The van der Waals surface area contributed by atoms with Crippen LogP contribution in [0.4, 0.5) is 0 Å². The standard InChI is InChI=1S/C19H38O6/c1-9-13-17(4,5)22-24-19(8,15-12-16(20)21-11-3)25-23-18(6,7)14-10-2/h9-15H2,1-8H3. The Bertz CT molecular complexity index is 356. The molecule has 0 radical (unpaired) electrons. The number of ether oxygens (including phenoxy) is 1. The molecule has 0 bridgehead atoms. The third kappa shape index (κ3) is 11.5. The van der Waals surface area contributed by atoms with Crippen molar-refractivity contribution in [2.45, 2.75) is 111 Å². The fraction of sp³-hybridized carbons (Fsp3) is 0.947. The van der Waals surface area contributed by atoms with Crippen molar-refractivity contribution in [2.75, 3.05) is 6.61 Å². The molecule has 0 spiro atoms. The number of carbonyl (C=O) groups is 1.